The summed E-state index contributed by atoms with van der Waals surface area (Å²) in [6.45, 7) is 0.781. The van der Waals surface area contributed by atoms with Crippen LogP contribution in [0.4, 0.5) is 10.8 Å². The predicted molar refractivity (Wildman–Crippen MR) is 68.0 cm³/mol. The van der Waals surface area contributed by atoms with E-state index in [-0.39, 0.29) is 0 Å². The second-order valence-electron chi connectivity index (χ2n) is 3.44. The lowest BCUT2D eigenvalue weighted by Crippen LogP contribution is -2.15. The number of aromatic nitrogens is 2. The highest BCUT2D eigenvalue weighted by molar-refractivity contribution is 7.15. The van der Waals surface area contributed by atoms with Crippen LogP contribution in [0.3, 0.4) is 0 Å². The minimum absolute atomic E-state index is 0.781. The van der Waals surface area contributed by atoms with Crippen LogP contribution in [0.15, 0.2) is 30.3 Å². The van der Waals surface area contributed by atoms with E-state index in [4.69, 9.17) is 0 Å². The number of anilines is 2. The van der Waals surface area contributed by atoms with E-state index in [2.05, 4.69) is 39.6 Å². The van der Waals surface area contributed by atoms with Crippen molar-refractivity contribution in [3.05, 3.63) is 35.3 Å². The Morgan fingerprint density at radius 1 is 1.25 bits per heavy atom. The number of para-hydroxylation sites is 1. The zero-order chi connectivity index (χ0) is 11.4. The topological polar surface area (TPSA) is 41.1 Å². The molecule has 84 valence electrons. The largest absolute Gasteiger partial charge is 0.368 e. The summed E-state index contributed by atoms with van der Waals surface area (Å²) in [6, 6.07) is 10.2. The highest BCUT2D eigenvalue weighted by Crippen LogP contribution is 2.19. The van der Waals surface area contributed by atoms with Crippen LogP contribution in [0.1, 0.15) is 5.01 Å². The molecule has 0 aliphatic carbocycles. The predicted octanol–water partition coefficient (Wildman–Crippen LogP) is 2.22. The number of nitrogens with one attached hydrogen (secondary N) is 1. The van der Waals surface area contributed by atoms with Gasteiger partial charge in [0.2, 0.25) is 5.13 Å². The lowest BCUT2D eigenvalue weighted by Gasteiger charge is -2.16. The summed E-state index contributed by atoms with van der Waals surface area (Å²) >= 11 is 1.58. The van der Waals surface area contributed by atoms with Gasteiger partial charge in [0.05, 0.1) is 6.54 Å². The molecule has 0 fully saturated rings. The van der Waals surface area contributed by atoms with Gasteiger partial charge in [-0.3, -0.25) is 0 Å². The third-order valence-electron chi connectivity index (χ3n) is 2.25. The van der Waals surface area contributed by atoms with Gasteiger partial charge in [0.25, 0.3) is 0 Å². The van der Waals surface area contributed by atoms with Crippen LogP contribution in [0.2, 0.25) is 0 Å². The molecule has 1 aromatic carbocycles. The van der Waals surface area contributed by atoms with Gasteiger partial charge in [-0.05, 0) is 12.1 Å². The van der Waals surface area contributed by atoms with Crippen molar-refractivity contribution < 1.29 is 0 Å². The van der Waals surface area contributed by atoms with E-state index in [0.29, 0.717) is 0 Å². The first-order valence-corrected chi connectivity index (χ1v) is 5.87. The fourth-order valence-electron chi connectivity index (χ4n) is 1.40. The third-order valence-corrected chi connectivity index (χ3v) is 3.18. The van der Waals surface area contributed by atoms with Crippen LogP contribution in [-0.2, 0) is 6.54 Å². The molecule has 0 aliphatic rings. The average molecular weight is 234 g/mol. The zero-order valence-electron chi connectivity index (χ0n) is 9.34. The third kappa shape index (κ3) is 2.49. The van der Waals surface area contributed by atoms with Crippen LogP contribution < -0.4 is 10.2 Å². The highest BCUT2D eigenvalue weighted by Gasteiger charge is 2.06. The maximum atomic E-state index is 4.12. The van der Waals surface area contributed by atoms with Gasteiger partial charge in [-0.25, -0.2) is 0 Å². The SMILES string of the molecule is CNc1nnc(CN(C)c2ccccc2)s1. The molecule has 1 N–H and O–H groups in total. The smallest absolute Gasteiger partial charge is 0.205 e. The molecule has 0 bridgehead atoms. The molecule has 5 heteroatoms. The van der Waals surface area contributed by atoms with Gasteiger partial charge in [0.1, 0.15) is 5.01 Å². The van der Waals surface area contributed by atoms with Crippen molar-refractivity contribution in [1.29, 1.82) is 0 Å². The van der Waals surface area contributed by atoms with E-state index in [0.717, 1.165) is 16.7 Å². The molecule has 0 amide bonds. The molecule has 16 heavy (non-hydrogen) atoms. The van der Waals surface area contributed by atoms with Gasteiger partial charge >= 0.3 is 0 Å². The number of nitrogens with zero attached hydrogens (tertiary/aromatic N) is 3. The Hall–Kier alpha value is -1.62. The maximum Gasteiger partial charge on any atom is 0.205 e. The van der Waals surface area contributed by atoms with E-state index in [1.54, 1.807) is 11.3 Å². The van der Waals surface area contributed by atoms with Gasteiger partial charge < -0.3 is 10.2 Å². The van der Waals surface area contributed by atoms with E-state index < -0.39 is 0 Å². The summed E-state index contributed by atoms with van der Waals surface area (Å²) in [5.41, 5.74) is 1.18. The molecule has 0 atom stereocenters. The molecular formula is C11H14N4S. The Morgan fingerprint density at radius 3 is 2.62 bits per heavy atom. The van der Waals surface area contributed by atoms with E-state index in [1.165, 1.54) is 5.69 Å². The molecule has 4 nitrogen and oxygen atoms in total. The van der Waals surface area contributed by atoms with E-state index >= 15 is 0 Å². The Labute approximate surface area is 98.9 Å². The molecule has 2 aromatic rings. The van der Waals surface area contributed by atoms with Crippen molar-refractivity contribution in [2.75, 3.05) is 24.3 Å². The van der Waals surface area contributed by atoms with Crippen molar-refractivity contribution >= 4 is 22.2 Å². The standard InChI is InChI=1S/C11H14N4S/c1-12-11-14-13-10(16-11)8-15(2)9-6-4-3-5-7-9/h3-7H,8H2,1-2H3,(H,12,14). The molecule has 0 saturated heterocycles. The van der Waals surface area contributed by atoms with E-state index in [9.17, 15) is 0 Å². The average Bonchev–Trinajstić information content (AvgIpc) is 2.78. The minimum Gasteiger partial charge on any atom is -0.368 e. The van der Waals surface area contributed by atoms with Crippen molar-refractivity contribution in [3.8, 4) is 0 Å². The minimum atomic E-state index is 0.781. The summed E-state index contributed by atoms with van der Waals surface area (Å²) in [5.74, 6) is 0. The normalized spacial score (nSPS) is 10.1. The second kappa shape index (κ2) is 4.94. The van der Waals surface area contributed by atoms with Crippen molar-refractivity contribution in [3.63, 3.8) is 0 Å². The van der Waals surface area contributed by atoms with Crippen LogP contribution in [0.5, 0.6) is 0 Å². The first-order valence-electron chi connectivity index (χ1n) is 5.06. The van der Waals surface area contributed by atoms with E-state index in [1.807, 2.05) is 25.2 Å². The summed E-state index contributed by atoms with van der Waals surface area (Å²) < 4.78 is 0. The van der Waals surface area contributed by atoms with Crippen molar-refractivity contribution in [2.24, 2.45) is 0 Å². The monoisotopic (exact) mass is 234 g/mol. The second-order valence-corrected chi connectivity index (χ2v) is 4.50. The Bertz CT molecular complexity index is 440. The fraction of sp³-hybridized carbons (Fsp3) is 0.273. The molecule has 0 saturated carbocycles. The molecular weight excluding hydrogens is 220 g/mol. The Kier molecular flexibility index (Phi) is 3.36. The summed E-state index contributed by atoms with van der Waals surface area (Å²) in [7, 11) is 3.90. The van der Waals surface area contributed by atoms with Crippen LogP contribution in [0, 0.1) is 0 Å². The summed E-state index contributed by atoms with van der Waals surface area (Å²) in [5, 5.41) is 13.0. The molecule has 0 spiro atoms. The molecule has 1 aromatic heterocycles. The number of rotatable bonds is 4. The fourth-order valence-corrected chi connectivity index (χ4v) is 2.14. The lowest BCUT2D eigenvalue weighted by molar-refractivity contribution is 0.881. The van der Waals surface area contributed by atoms with Gasteiger partial charge in [-0.2, -0.15) is 0 Å². The maximum absolute atomic E-state index is 4.12. The first-order chi connectivity index (χ1) is 7.79. The highest BCUT2D eigenvalue weighted by atomic mass is 32.1. The Morgan fingerprint density at radius 2 is 2.00 bits per heavy atom. The van der Waals surface area contributed by atoms with Crippen LogP contribution in [0.25, 0.3) is 0 Å². The lowest BCUT2D eigenvalue weighted by atomic mass is 10.3. The van der Waals surface area contributed by atoms with Crippen molar-refractivity contribution in [1.82, 2.24) is 10.2 Å². The van der Waals surface area contributed by atoms with Gasteiger partial charge in [0, 0.05) is 19.8 Å². The molecule has 0 aliphatic heterocycles. The van der Waals surface area contributed by atoms with Gasteiger partial charge in [-0.1, -0.05) is 29.5 Å². The molecule has 0 unspecified atom stereocenters. The number of hydrogen-bond donors (Lipinski definition) is 1. The van der Waals surface area contributed by atoms with Crippen LogP contribution >= 0.6 is 11.3 Å². The molecule has 2 rings (SSSR count). The number of hydrogen-bond acceptors (Lipinski definition) is 5. The summed E-state index contributed by atoms with van der Waals surface area (Å²) in [6.07, 6.45) is 0. The number of benzene rings is 1. The molecule has 1 heterocycles. The van der Waals surface area contributed by atoms with Crippen molar-refractivity contribution in [2.45, 2.75) is 6.54 Å². The van der Waals surface area contributed by atoms with Gasteiger partial charge in [0.15, 0.2) is 0 Å². The van der Waals surface area contributed by atoms with Gasteiger partial charge in [-0.15, -0.1) is 10.2 Å². The molecule has 0 radical (unpaired) electrons. The van der Waals surface area contributed by atoms with Crippen LogP contribution in [-0.4, -0.2) is 24.3 Å². The first kappa shape index (κ1) is 10.9. The Balaban J connectivity index is 2.05. The zero-order valence-corrected chi connectivity index (χ0v) is 10.2. The quantitative estimate of drug-likeness (QED) is 0.880. The summed E-state index contributed by atoms with van der Waals surface area (Å²) in [4.78, 5) is 2.15.